The summed E-state index contributed by atoms with van der Waals surface area (Å²) in [5, 5.41) is 0. The molecular weight excluding hydrogens is 254 g/mol. The Kier molecular flexibility index (Phi) is 3.61. The second kappa shape index (κ2) is 5.10. The first-order valence-electron chi connectivity index (χ1n) is 7.54. The molecule has 1 saturated carbocycles. The standard InChI is InChI=1S/C17H24ClN/c1-13(2)14-4-6-15(7-5-14)17-10-16(17)11-19(12-17)9-3-8-18/h4-7,13,16H,3,8-12H2,1-2H3/t16-,17+/m1/s1. The van der Waals surface area contributed by atoms with Crippen molar-refractivity contribution in [3.05, 3.63) is 35.4 Å². The minimum Gasteiger partial charge on any atom is -0.302 e. The van der Waals surface area contributed by atoms with Gasteiger partial charge in [-0.2, -0.15) is 0 Å². The first-order chi connectivity index (χ1) is 9.15. The van der Waals surface area contributed by atoms with Crippen molar-refractivity contribution in [1.82, 2.24) is 4.90 Å². The number of benzene rings is 1. The molecule has 0 aromatic heterocycles. The van der Waals surface area contributed by atoms with E-state index in [0.29, 0.717) is 11.3 Å². The highest BCUT2D eigenvalue weighted by Gasteiger charge is 2.60. The van der Waals surface area contributed by atoms with Crippen LogP contribution in [-0.4, -0.2) is 30.4 Å². The fraction of sp³-hybridized carbons (Fsp3) is 0.647. The monoisotopic (exact) mass is 277 g/mol. The van der Waals surface area contributed by atoms with Gasteiger partial charge in [-0.25, -0.2) is 0 Å². The van der Waals surface area contributed by atoms with Gasteiger partial charge in [-0.05, 0) is 42.3 Å². The fourth-order valence-corrected chi connectivity index (χ4v) is 3.81. The third-order valence-corrected chi connectivity index (χ3v) is 5.24. The molecule has 1 aromatic carbocycles. The molecule has 104 valence electrons. The zero-order chi connectivity index (χ0) is 13.5. The normalized spacial score (nSPS) is 29.8. The van der Waals surface area contributed by atoms with Gasteiger partial charge in [-0.15, -0.1) is 11.6 Å². The summed E-state index contributed by atoms with van der Waals surface area (Å²) in [5.41, 5.74) is 3.51. The molecule has 2 aliphatic rings. The van der Waals surface area contributed by atoms with E-state index in [1.54, 1.807) is 5.56 Å². The Morgan fingerprint density at radius 1 is 1.32 bits per heavy atom. The van der Waals surface area contributed by atoms with E-state index in [-0.39, 0.29) is 0 Å². The predicted octanol–water partition coefficient (Wildman–Crippen LogP) is 4.01. The van der Waals surface area contributed by atoms with Gasteiger partial charge in [0.1, 0.15) is 0 Å². The average molecular weight is 278 g/mol. The molecule has 19 heavy (non-hydrogen) atoms. The predicted molar refractivity (Wildman–Crippen MR) is 82.1 cm³/mol. The van der Waals surface area contributed by atoms with Crippen LogP contribution in [0, 0.1) is 5.92 Å². The molecule has 0 unspecified atom stereocenters. The van der Waals surface area contributed by atoms with E-state index >= 15 is 0 Å². The Balaban J connectivity index is 1.70. The van der Waals surface area contributed by atoms with E-state index in [9.17, 15) is 0 Å². The number of rotatable bonds is 5. The smallest absolute Gasteiger partial charge is 0.0235 e. The minimum absolute atomic E-state index is 0.488. The molecule has 0 N–H and O–H groups in total. The molecule has 0 bridgehead atoms. The highest BCUT2D eigenvalue weighted by Crippen LogP contribution is 2.58. The molecule has 2 fully saturated rings. The lowest BCUT2D eigenvalue weighted by Crippen LogP contribution is -2.27. The first kappa shape index (κ1) is 13.5. The molecule has 1 heterocycles. The summed E-state index contributed by atoms with van der Waals surface area (Å²) in [4.78, 5) is 2.60. The van der Waals surface area contributed by atoms with E-state index in [4.69, 9.17) is 11.6 Å². The van der Waals surface area contributed by atoms with Crippen LogP contribution in [0.5, 0.6) is 0 Å². The van der Waals surface area contributed by atoms with Crippen molar-refractivity contribution in [3.8, 4) is 0 Å². The van der Waals surface area contributed by atoms with E-state index < -0.39 is 0 Å². The summed E-state index contributed by atoms with van der Waals surface area (Å²) < 4.78 is 0. The van der Waals surface area contributed by atoms with Crippen molar-refractivity contribution >= 4 is 11.6 Å². The van der Waals surface area contributed by atoms with Gasteiger partial charge in [0.25, 0.3) is 0 Å². The zero-order valence-corrected chi connectivity index (χ0v) is 12.8. The van der Waals surface area contributed by atoms with Crippen LogP contribution in [0.2, 0.25) is 0 Å². The van der Waals surface area contributed by atoms with Crippen molar-refractivity contribution in [3.63, 3.8) is 0 Å². The van der Waals surface area contributed by atoms with Crippen LogP contribution >= 0.6 is 11.6 Å². The fourth-order valence-electron chi connectivity index (χ4n) is 3.69. The maximum Gasteiger partial charge on any atom is 0.0235 e. The van der Waals surface area contributed by atoms with Gasteiger partial charge < -0.3 is 4.90 Å². The van der Waals surface area contributed by atoms with Gasteiger partial charge in [0.2, 0.25) is 0 Å². The second-order valence-corrected chi connectivity index (χ2v) is 6.99. The third-order valence-electron chi connectivity index (χ3n) is 4.98. The van der Waals surface area contributed by atoms with Crippen LogP contribution < -0.4 is 0 Å². The maximum absolute atomic E-state index is 5.80. The largest absolute Gasteiger partial charge is 0.302 e. The molecule has 1 aliphatic heterocycles. The lowest BCUT2D eigenvalue weighted by Gasteiger charge is -2.21. The summed E-state index contributed by atoms with van der Waals surface area (Å²) in [5.74, 6) is 2.31. The Morgan fingerprint density at radius 3 is 2.68 bits per heavy atom. The minimum atomic E-state index is 0.488. The number of piperidine rings is 1. The van der Waals surface area contributed by atoms with Gasteiger partial charge >= 0.3 is 0 Å². The van der Waals surface area contributed by atoms with E-state index in [1.807, 2.05) is 0 Å². The third kappa shape index (κ3) is 2.43. The first-order valence-corrected chi connectivity index (χ1v) is 8.08. The lowest BCUT2D eigenvalue weighted by molar-refractivity contribution is 0.299. The van der Waals surface area contributed by atoms with E-state index in [1.165, 1.54) is 31.6 Å². The van der Waals surface area contributed by atoms with Gasteiger partial charge in [0.15, 0.2) is 0 Å². The second-order valence-electron chi connectivity index (χ2n) is 6.61. The number of hydrogen-bond acceptors (Lipinski definition) is 1. The molecule has 2 atom stereocenters. The van der Waals surface area contributed by atoms with Crippen LogP contribution in [0.25, 0.3) is 0 Å². The molecule has 3 rings (SSSR count). The summed E-state index contributed by atoms with van der Waals surface area (Å²) >= 11 is 5.80. The lowest BCUT2D eigenvalue weighted by atomic mass is 9.92. The number of nitrogens with zero attached hydrogens (tertiary/aromatic N) is 1. The quantitative estimate of drug-likeness (QED) is 0.735. The zero-order valence-electron chi connectivity index (χ0n) is 12.0. The van der Waals surface area contributed by atoms with Crippen LogP contribution in [0.1, 0.15) is 43.7 Å². The number of likely N-dealkylation sites (tertiary alicyclic amines) is 1. The molecule has 0 spiro atoms. The molecule has 1 aromatic rings. The van der Waals surface area contributed by atoms with E-state index in [2.05, 4.69) is 43.0 Å². The Morgan fingerprint density at radius 2 is 2.05 bits per heavy atom. The Bertz CT molecular complexity index is 439. The van der Waals surface area contributed by atoms with E-state index in [0.717, 1.165) is 18.2 Å². The van der Waals surface area contributed by atoms with Crippen molar-refractivity contribution in [2.75, 3.05) is 25.5 Å². The van der Waals surface area contributed by atoms with Gasteiger partial charge in [0.05, 0.1) is 0 Å². The van der Waals surface area contributed by atoms with Crippen LogP contribution in [0.4, 0.5) is 0 Å². The van der Waals surface area contributed by atoms with Crippen LogP contribution in [0.3, 0.4) is 0 Å². The summed E-state index contributed by atoms with van der Waals surface area (Å²) in [6.07, 6.45) is 2.52. The highest BCUT2D eigenvalue weighted by molar-refractivity contribution is 6.17. The SMILES string of the molecule is CC(C)c1ccc([C@@]23C[C@@H]2CN(CCCCl)C3)cc1. The van der Waals surface area contributed by atoms with Crippen molar-refractivity contribution in [2.24, 2.45) is 5.92 Å². The average Bonchev–Trinajstić information content (AvgIpc) is 3.00. The summed E-state index contributed by atoms with van der Waals surface area (Å²) in [6, 6.07) is 9.40. The van der Waals surface area contributed by atoms with Gasteiger partial charge in [-0.3, -0.25) is 0 Å². The molecule has 1 aliphatic carbocycles. The highest BCUT2D eigenvalue weighted by atomic mass is 35.5. The van der Waals surface area contributed by atoms with Crippen molar-refractivity contribution < 1.29 is 0 Å². The number of fused-ring (bicyclic) bond motifs is 1. The maximum atomic E-state index is 5.80. The van der Waals surface area contributed by atoms with Gasteiger partial charge in [-0.1, -0.05) is 38.1 Å². The number of hydrogen-bond donors (Lipinski definition) is 0. The molecule has 0 amide bonds. The topological polar surface area (TPSA) is 3.24 Å². The molecule has 2 heteroatoms. The van der Waals surface area contributed by atoms with Crippen LogP contribution in [-0.2, 0) is 5.41 Å². The molecule has 1 saturated heterocycles. The molecule has 0 radical (unpaired) electrons. The molecule has 1 nitrogen and oxygen atoms in total. The Labute approximate surface area is 121 Å². The van der Waals surface area contributed by atoms with Crippen molar-refractivity contribution in [1.29, 1.82) is 0 Å². The summed E-state index contributed by atoms with van der Waals surface area (Å²) in [7, 11) is 0. The van der Waals surface area contributed by atoms with Crippen LogP contribution in [0.15, 0.2) is 24.3 Å². The Hall–Kier alpha value is -0.530. The number of alkyl halides is 1. The summed E-state index contributed by atoms with van der Waals surface area (Å²) in [6.45, 7) is 8.22. The van der Waals surface area contributed by atoms with Crippen molar-refractivity contribution in [2.45, 2.75) is 38.0 Å². The number of halogens is 1. The van der Waals surface area contributed by atoms with Gasteiger partial charge in [0, 0.05) is 24.4 Å². The molecular formula is C17H24ClN.